The SMILES string of the molecule is Cc1nccc(NCCC(F)F)c1Cl. The number of nitrogens with zero attached hydrogens (tertiary/aromatic N) is 1. The minimum Gasteiger partial charge on any atom is -0.384 e. The van der Waals surface area contributed by atoms with Gasteiger partial charge in [-0.15, -0.1) is 0 Å². The molecule has 0 aliphatic carbocycles. The van der Waals surface area contributed by atoms with E-state index in [-0.39, 0.29) is 13.0 Å². The average Bonchev–Trinajstić information content (AvgIpc) is 2.12. The lowest BCUT2D eigenvalue weighted by Crippen LogP contribution is -2.06. The van der Waals surface area contributed by atoms with Gasteiger partial charge in [-0.2, -0.15) is 0 Å². The minimum absolute atomic E-state index is 0.183. The van der Waals surface area contributed by atoms with Crippen molar-refractivity contribution >= 4 is 17.3 Å². The van der Waals surface area contributed by atoms with Gasteiger partial charge >= 0.3 is 0 Å². The Bertz CT molecular complexity index is 305. The average molecular weight is 221 g/mol. The van der Waals surface area contributed by atoms with E-state index in [0.717, 1.165) is 0 Å². The number of hydrogen-bond acceptors (Lipinski definition) is 2. The molecule has 0 bridgehead atoms. The van der Waals surface area contributed by atoms with Crippen molar-refractivity contribution in [2.24, 2.45) is 0 Å². The predicted octanol–water partition coefficient (Wildman–Crippen LogP) is 3.11. The van der Waals surface area contributed by atoms with Crippen molar-refractivity contribution in [3.05, 3.63) is 23.0 Å². The third-order valence-corrected chi connectivity index (χ3v) is 2.22. The van der Waals surface area contributed by atoms with E-state index in [9.17, 15) is 8.78 Å². The summed E-state index contributed by atoms with van der Waals surface area (Å²) in [6, 6.07) is 1.67. The quantitative estimate of drug-likeness (QED) is 0.844. The molecule has 5 heteroatoms. The summed E-state index contributed by atoms with van der Waals surface area (Å²) in [7, 11) is 0. The second-order valence-corrected chi connectivity index (χ2v) is 3.24. The van der Waals surface area contributed by atoms with Gasteiger partial charge in [0.15, 0.2) is 0 Å². The van der Waals surface area contributed by atoms with Crippen molar-refractivity contribution in [3.8, 4) is 0 Å². The van der Waals surface area contributed by atoms with Crippen LogP contribution in [0.3, 0.4) is 0 Å². The summed E-state index contributed by atoms with van der Waals surface area (Å²) in [5.74, 6) is 0. The second kappa shape index (κ2) is 5.10. The Balaban J connectivity index is 2.54. The lowest BCUT2D eigenvalue weighted by atomic mass is 10.3. The van der Waals surface area contributed by atoms with Gasteiger partial charge in [0, 0.05) is 19.2 Å². The molecule has 0 saturated carbocycles. The van der Waals surface area contributed by atoms with E-state index >= 15 is 0 Å². The molecule has 1 rings (SSSR count). The number of nitrogens with one attached hydrogen (secondary N) is 1. The van der Waals surface area contributed by atoms with Gasteiger partial charge in [0.25, 0.3) is 0 Å². The molecule has 14 heavy (non-hydrogen) atoms. The molecule has 2 nitrogen and oxygen atoms in total. The third kappa shape index (κ3) is 3.10. The van der Waals surface area contributed by atoms with Crippen molar-refractivity contribution in [1.82, 2.24) is 4.98 Å². The normalized spacial score (nSPS) is 10.6. The summed E-state index contributed by atoms with van der Waals surface area (Å²) in [5, 5.41) is 3.32. The molecule has 0 saturated heterocycles. The van der Waals surface area contributed by atoms with Crippen molar-refractivity contribution < 1.29 is 8.78 Å². The second-order valence-electron chi connectivity index (χ2n) is 2.86. The van der Waals surface area contributed by atoms with Gasteiger partial charge in [-0.25, -0.2) is 8.78 Å². The number of aromatic nitrogens is 1. The number of pyridine rings is 1. The van der Waals surface area contributed by atoms with Crippen molar-refractivity contribution in [2.45, 2.75) is 19.8 Å². The molecule has 0 fully saturated rings. The molecular weight excluding hydrogens is 210 g/mol. The van der Waals surface area contributed by atoms with E-state index in [4.69, 9.17) is 11.6 Å². The summed E-state index contributed by atoms with van der Waals surface area (Å²) < 4.78 is 23.7. The van der Waals surface area contributed by atoms with Gasteiger partial charge in [-0.3, -0.25) is 4.98 Å². The summed E-state index contributed by atoms with van der Waals surface area (Å²) in [5.41, 5.74) is 1.34. The lowest BCUT2D eigenvalue weighted by molar-refractivity contribution is 0.142. The standard InChI is InChI=1S/C9H11ClF2N2/c1-6-9(10)7(2-4-13-6)14-5-3-8(11)12/h2,4,8H,3,5H2,1H3,(H,13,14). The summed E-state index contributed by atoms with van der Waals surface area (Å²) >= 11 is 5.90. The summed E-state index contributed by atoms with van der Waals surface area (Å²) in [6.07, 6.45) is -0.881. The first-order valence-corrected chi connectivity index (χ1v) is 4.62. The summed E-state index contributed by atoms with van der Waals surface area (Å²) in [6.45, 7) is 1.97. The first-order valence-electron chi connectivity index (χ1n) is 4.24. The topological polar surface area (TPSA) is 24.9 Å². The number of rotatable bonds is 4. The van der Waals surface area contributed by atoms with Crippen LogP contribution in [-0.2, 0) is 0 Å². The molecule has 0 unspecified atom stereocenters. The van der Waals surface area contributed by atoms with Crippen LogP contribution in [-0.4, -0.2) is 18.0 Å². The molecule has 0 aliphatic heterocycles. The van der Waals surface area contributed by atoms with Crippen LogP contribution in [0.4, 0.5) is 14.5 Å². The van der Waals surface area contributed by atoms with E-state index in [1.165, 1.54) is 0 Å². The molecule has 1 heterocycles. The Hall–Kier alpha value is -0.900. The molecule has 0 radical (unpaired) electrons. The zero-order valence-corrected chi connectivity index (χ0v) is 8.48. The molecule has 0 amide bonds. The largest absolute Gasteiger partial charge is 0.384 e. The highest BCUT2D eigenvalue weighted by atomic mass is 35.5. The van der Waals surface area contributed by atoms with Gasteiger partial charge in [-0.05, 0) is 13.0 Å². The molecule has 1 N–H and O–H groups in total. The van der Waals surface area contributed by atoms with Crippen LogP contribution in [0.1, 0.15) is 12.1 Å². The van der Waals surface area contributed by atoms with Crippen LogP contribution in [0.25, 0.3) is 0 Å². The van der Waals surface area contributed by atoms with Gasteiger partial charge in [0.1, 0.15) is 0 Å². The number of alkyl halides is 2. The van der Waals surface area contributed by atoms with Crippen molar-refractivity contribution in [3.63, 3.8) is 0 Å². The maximum Gasteiger partial charge on any atom is 0.240 e. The fourth-order valence-electron chi connectivity index (χ4n) is 1.00. The predicted molar refractivity (Wildman–Crippen MR) is 53.1 cm³/mol. The number of hydrogen-bond donors (Lipinski definition) is 1. The van der Waals surface area contributed by atoms with E-state index in [2.05, 4.69) is 10.3 Å². The number of aryl methyl sites for hydroxylation is 1. The first kappa shape index (κ1) is 11.2. The minimum atomic E-state index is -2.29. The molecule has 78 valence electrons. The van der Waals surface area contributed by atoms with Crippen LogP contribution in [0.2, 0.25) is 5.02 Å². The Morgan fingerprint density at radius 1 is 1.57 bits per heavy atom. The van der Waals surface area contributed by atoms with E-state index in [1.54, 1.807) is 19.2 Å². The smallest absolute Gasteiger partial charge is 0.240 e. The number of anilines is 1. The molecule has 0 atom stereocenters. The van der Waals surface area contributed by atoms with Gasteiger partial charge in [0.2, 0.25) is 6.43 Å². The van der Waals surface area contributed by atoms with Crippen molar-refractivity contribution in [1.29, 1.82) is 0 Å². The lowest BCUT2D eigenvalue weighted by Gasteiger charge is -2.08. The van der Waals surface area contributed by atoms with Gasteiger partial charge in [-0.1, -0.05) is 11.6 Å². The third-order valence-electron chi connectivity index (χ3n) is 1.74. The maximum absolute atomic E-state index is 11.8. The highest BCUT2D eigenvalue weighted by Gasteiger charge is 2.05. The Labute approximate surface area is 86.3 Å². The molecule has 1 aromatic heterocycles. The molecule has 1 aromatic rings. The molecule has 0 aliphatic rings. The maximum atomic E-state index is 11.8. The van der Waals surface area contributed by atoms with Gasteiger partial charge < -0.3 is 5.32 Å². The van der Waals surface area contributed by atoms with E-state index < -0.39 is 6.43 Å². The van der Waals surface area contributed by atoms with E-state index in [0.29, 0.717) is 16.4 Å². The van der Waals surface area contributed by atoms with Crippen LogP contribution >= 0.6 is 11.6 Å². The van der Waals surface area contributed by atoms with Crippen molar-refractivity contribution in [2.75, 3.05) is 11.9 Å². The Morgan fingerprint density at radius 3 is 2.93 bits per heavy atom. The van der Waals surface area contributed by atoms with Crippen LogP contribution in [0.15, 0.2) is 12.3 Å². The van der Waals surface area contributed by atoms with Crippen LogP contribution < -0.4 is 5.32 Å². The zero-order valence-electron chi connectivity index (χ0n) is 7.73. The first-order chi connectivity index (χ1) is 6.61. The summed E-state index contributed by atoms with van der Waals surface area (Å²) in [4.78, 5) is 3.96. The molecular formula is C9H11ClF2N2. The highest BCUT2D eigenvalue weighted by molar-refractivity contribution is 6.33. The highest BCUT2D eigenvalue weighted by Crippen LogP contribution is 2.23. The van der Waals surface area contributed by atoms with Crippen LogP contribution in [0, 0.1) is 6.92 Å². The fourth-order valence-corrected chi connectivity index (χ4v) is 1.18. The van der Waals surface area contributed by atoms with Crippen LogP contribution in [0.5, 0.6) is 0 Å². The van der Waals surface area contributed by atoms with Gasteiger partial charge in [0.05, 0.1) is 16.4 Å². The fraction of sp³-hybridized carbons (Fsp3) is 0.444. The monoisotopic (exact) mass is 220 g/mol. The zero-order chi connectivity index (χ0) is 10.6. The Kier molecular flexibility index (Phi) is 4.07. The van der Waals surface area contributed by atoms with E-state index in [1.807, 2.05) is 0 Å². The Morgan fingerprint density at radius 2 is 2.29 bits per heavy atom. The molecule has 0 spiro atoms. The number of halogens is 3. The molecule has 0 aromatic carbocycles.